The highest BCUT2D eigenvalue weighted by molar-refractivity contribution is 8.00. The Hall–Kier alpha value is -8.01. The molecule has 1 fully saturated rings. The molecule has 2 aliphatic rings. The topological polar surface area (TPSA) is 172 Å². The Labute approximate surface area is 400 Å². The highest BCUT2D eigenvalue weighted by Gasteiger charge is 2.55. The van der Waals surface area contributed by atoms with Crippen molar-refractivity contribution in [2.75, 3.05) is 24.7 Å². The van der Waals surface area contributed by atoms with Gasteiger partial charge >= 0.3 is 12.1 Å². The first-order valence-electron chi connectivity index (χ1n) is 21.6. The first-order valence-corrected chi connectivity index (χ1v) is 23.6. The molecule has 3 heterocycles. The summed E-state index contributed by atoms with van der Waals surface area (Å²) in [6, 6.07) is 57.7. The van der Waals surface area contributed by atoms with Crippen LogP contribution >= 0.6 is 23.1 Å². The predicted molar refractivity (Wildman–Crippen MR) is 262 cm³/mol. The third kappa shape index (κ3) is 8.60. The van der Waals surface area contributed by atoms with Gasteiger partial charge in [-0.2, -0.15) is 0 Å². The number of carboxylic acids is 1. The first kappa shape index (κ1) is 45.2. The summed E-state index contributed by atoms with van der Waals surface area (Å²) in [6.45, 7) is -0.331. The molecule has 6 aromatic carbocycles. The van der Waals surface area contributed by atoms with E-state index in [2.05, 4.69) is 52.3 Å². The quantitative estimate of drug-likeness (QED) is 0.0320. The van der Waals surface area contributed by atoms with Gasteiger partial charge in [-0.3, -0.25) is 14.5 Å². The molecular formula is C53H44N6O7S2. The molecule has 13 nitrogen and oxygen atoms in total. The van der Waals surface area contributed by atoms with Crippen molar-refractivity contribution in [1.29, 1.82) is 0 Å². The maximum Gasteiger partial charge on any atom is 0.407 e. The van der Waals surface area contributed by atoms with Crippen molar-refractivity contribution in [1.82, 2.24) is 20.5 Å². The van der Waals surface area contributed by atoms with E-state index in [0.29, 0.717) is 5.13 Å². The number of ether oxygens (including phenoxy) is 1. The molecule has 1 unspecified atom stereocenters. The van der Waals surface area contributed by atoms with Crippen LogP contribution in [0.15, 0.2) is 204 Å². The average Bonchev–Trinajstić information content (AvgIpc) is 3.86. The number of carbonyl (C=O) groups excluding carboxylic acids is 3. The maximum absolute atomic E-state index is 15.0. The van der Waals surface area contributed by atoms with E-state index < -0.39 is 46.4 Å². The number of thioether (sulfide) groups is 1. The molecule has 15 heteroatoms. The Morgan fingerprint density at radius 2 is 1.18 bits per heavy atom. The third-order valence-corrected chi connectivity index (χ3v) is 13.9. The summed E-state index contributed by atoms with van der Waals surface area (Å²) < 4.78 is 5.15. The number of oxime groups is 1. The van der Waals surface area contributed by atoms with E-state index in [1.807, 2.05) is 146 Å². The molecule has 2 atom stereocenters. The van der Waals surface area contributed by atoms with Crippen LogP contribution in [0.4, 0.5) is 9.93 Å². The molecule has 3 amide bonds. The van der Waals surface area contributed by atoms with Crippen molar-refractivity contribution in [3.05, 3.63) is 238 Å². The molecule has 2 aliphatic heterocycles. The lowest BCUT2D eigenvalue weighted by atomic mass is 9.77. The molecule has 0 spiro atoms. The zero-order valence-electron chi connectivity index (χ0n) is 36.5. The molecule has 7 aromatic rings. The zero-order chi connectivity index (χ0) is 47.1. The van der Waals surface area contributed by atoms with Gasteiger partial charge in [0.15, 0.2) is 10.8 Å². The van der Waals surface area contributed by atoms with Gasteiger partial charge in [-0.25, -0.2) is 14.6 Å². The van der Waals surface area contributed by atoms with E-state index in [0.717, 1.165) is 38.3 Å². The number of nitrogens with one attached hydrogen (secondary N) is 3. The van der Waals surface area contributed by atoms with E-state index in [9.17, 15) is 24.3 Å². The van der Waals surface area contributed by atoms with E-state index in [4.69, 9.17) is 19.7 Å². The van der Waals surface area contributed by atoms with Gasteiger partial charge in [0.05, 0.1) is 0 Å². The number of anilines is 1. The van der Waals surface area contributed by atoms with Crippen molar-refractivity contribution < 1.29 is 33.9 Å². The zero-order valence-corrected chi connectivity index (χ0v) is 38.2. The number of rotatable bonds is 16. The second-order valence-corrected chi connectivity index (χ2v) is 17.7. The summed E-state index contributed by atoms with van der Waals surface area (Å²) >= 11 is 2.51. The van der Waals surface area contributed by atoms with Crippen LogP contribution in [0.2, 0.25) is 0 Å². The molecule has 0 bridgehead atoms. The van der Waals surface area contributed by atoms with Gasteiger partial charge in [-0.05, 0) is 16.7 Å². The molecule has 4 N–H and O–H groups in total. The summed E-state index contributed by atoms with van der Waals surface area (Å²) in [4.78, 5) is 66.4. The van der Waals surface area contributed by atoms with E-state index in [1.54, 1.807) is 5.38 Å². The molecule has 0 radical (unpaired) electrons. The number of alkyl carbamates (subject to hydrolysis) is 1. The van der Waals surface area contributed by atoms with E-state index >= 15 is 0 Å². The molecule has 1 aromatic heterocycles. The molecular weight excluding hydrogens is 897 g/mol. The second kappa shape index (κ2) is 19.8. The number of thiazole rings is 1. The molecule has 68 heavy (non-hydrogen) atoms. The minimum absolute atomic E-state index is 0.129. The molecule has 0 saturated carbocycles. The summed E-state index contributed by atoms with van der Waals surface area (Å²) in [5.74, 6) is -2.67. The number of nitrogens with zero attached hydrogens (tertiary/aromatic N) is 3. The summed E-state index contributed by atoms with van der Waals surface area (Å²) in [6.07, 6.45) is -0.745. The summed E-state index contributed by atoms with van der Waals surface area (Å²) in [5.41, 5.74) is 2.56. The van der Waals surface area contributed by atoms with Crippen LogP contribution in [0.5, 0.6) is 0 Å². The fraction of sp³-hybridized carbons (Fsp3) is 0.132. The number of hydrogen-bond donors (Lipinski definition) is 4. The normalized spacial score (nSPS) is 15.9. The lowest BCUT2D eigenvalue weighted by Gasteiger charge is -2.49. The second-order valence-electron chi connectivity index (χ2n) is 15.8. The van der Waals surface area contributed by atoms with Crippen LogP contribution in [0.3, 0.4) is 0 Å². The number of benzene rings is 6. The van der Waals surface area contributed by atoms with Crippen LogP contribution in [0.1, 0.15) is 39.1 Å². The van der Waals surface area contributed by atoms with Crippen LogP contribution in [0, 0.1) is 0 Å². The number of β-lactam (4-membered cyclic amide) rings is 1. The summed E-state index contributed by atoms with van der Waals surface area (Å²) in [5, 5.41) is 25.4. The van der Waals surface area contributed by atoms with Crippen molar-refractivity contribution in [3.8, 4) is 0 Å². The number of amides is 3. The fourth-order valence-electron chi connectivity index (χ4n) is 8.61. The van der Waals surface area contributed by atoms with Crippen molar-refractivity contribution >= 4 is 57.8 Å². The van der Waals surface area contributed by atoms with Crippen molar-refractivity contribution in [3.63, 3.8) is 0 Å². The molecule has 0 aliphatic carbocycles. The Kier molecular flexibility index (Phi) is 13.2. The average molecular weight is 941 g/mol. The van der Waals surface area contributed by atoms with E-state index in [1.165, 1.54) is 30.1 Å². The van der Waals surface area contributed by atoms with Crippen molar-refractivity contribution in [2.45, 2.75) is 22.6 Å². The number of aromatic nitrogens is 1. The number of carboxylic acid groups (broad SMARTS) is 1. The Morgan fingerprint density at radius 3 is 1.62 bits per heavy atom. The smallest absolute Gasteiger partial charge is 0.407 e. The predicted octanol–water partition coefficient (Wildman–Crippen LogP) is 8.35. The molecule has 340 valence electrons. The van der Waals surface area contributed by atoms with Gasteiger partial charge in [-0.15, -0.1) is 23.1 Å². The van der Waals surface area contributed by atoms with Gasteiger partial charge in [0.2, 0.25) is 5.60 Å². The molecule has 9 rings (SSSR count). The number of fused-ring (bicyclic) bond motifs is 1. The number of carbonyl (C=O) groups is 4. The lowest BCUT2D eigenvalue weighted by Crippen LogP contribution is -2.71. The largest absolute Gasteiger partial charge is 0.477 e. The highest BCUT2D eigenvalue weighted by Crippen LogP contribution is 2.44. The van der Waals surface area contributed by atoms with Gasteiger partial charge in [0.1, 0.15) is 35.0 Å². The standard InChI is InChI=1S/C53H44N6O7S2/c1-54-51(64)65-32-35-33-67-48-44(47(61)59(48)45(35)49(62)63)56-46(60)43(58-66-53(39-26-14-5-15-27-39,40-28-16-6-17-29-40)41-30-18-7-19-31-41)42-34-68-50(55-42)57-52(36-20-8-2-9-21-36,37-22-10-3-11-23-37)38-24-12-4-13-25-38/h2-31,34,44,48H,32-33H2,1H3,(H,54,64)(H,55,57)(H,56,60)(H,62,63)/t44?,48-/m0/s1. The SMILES string of the molecule is CNC(=O)OCC1=C(C(=O)O)N2C(=O)C(NC(=O)C(=NOC(c3ccccc3)(c3ccccc3)c3ccccc3)c3csc(NC(c4ccccc4)(c4ccccc4)c4ccccc4)n3)[C@@H]2SC1. The molecule has 1 saturated heterocycles. The minimum Gasteiger partial charge on any atom is -0.477 e. The number of hydrogen-bond acceptors (Lipinski definition) is 11. The van der Waals surface area contributed by atoms with Gasteiger partial charge in [0, 0.05) is 40.4 Å². The Balaban J connectivity index is 1.14. The monoisotopic (exact) mass is 940 g/mol. The maximum atomic E-state index is 15.0. The van der Waals surface area contributed by atoms with Gasteiger partial charge < -0.3 is 30.6 Å². The summed E-state index contributed by atoms with van der Waals surface area (Å²) in [7, 11) is 1.39. The minimum atomic E-state index is -1.38. The number of aliphatic carboxylic acids is 1. The van der Waals surface area contributed by atoms with Gasteiger partial charge in [-0.1, -0.05) is 187 Å². The lowest BCUT2D eigenvalue weighted by molar-refractivity contribution is -0.150. The van der Waals surface area contributed by atoms with Crippen LogP contribution in [-0.2, 0) is 35.1 Å². The van der Waals surface area contributed by atoms with Crippen LogP contribution in [0.25, 0.3) is 0 Å². The van der Waals surface area contributed by atoms with Crippen LogP contribution in [-0.4, -0.2) is 75.4 Å². The van der Waals surface area contributed by atoms with Gasteiger partial charge in [0.25, 0.3) is 11.8 Å². The first-order chi connectivity index (χ1) is 33.2. The fourth-order valence-corrected chi connectivity index (χ4v) is 10.7. The van der Waals surface area contributed by atoms with E-state index in [-0.39, 0.29) is 35.0 Å². The Morgan fingerprint density at radius 1 is 0.721 bits per heavy atom. The Bertz CT molecular complexity index is 2780. The third-order valence-electron chi connectivity index (χ3n) is 11.8. The highest BCUT2D eigenvalue weighted by atomic mass is 32.2. The van der Waals surface area contributed by atoms with Crippen molar-refractivity contribution in [2.24, 2.45) is 5.16 Å². The van der Waals surface area contributed by atoms with Crippen LogP contribution < -0.4 is 16.0 Å².